The molecule has 0 unspecified atom stereocenters. The molecule has 18 heavy (non-hydrogen) atoms. The van der Waals surface area contributed by atoms with E-state index in [0.29, 0.717) is 19.0 Å². The van der Waals surface area contributed by atoms with Gasteiger partial charge in [0.05, 0.1) is 5.92 Å². The number of nitrogens with zero attached hydrogens (tertiary/aromatic N) is 2. The number of piperidine rings is 1. The van der Waals surface area contributed by atoms with Crippen molar-refractivity contribution in [3.05, 3.63) is 0 Å². The van der Waals surface area contributed by atoms with Crippen LogP contribution in [0.5, 0.6) is 0 Å². The Bertz CT molecular complexity index is 341. The first-order valence-corrected chi connectivity index (χ1v) is 7.10. The smallest absolute Gasteiger partial charge is 0.228 e. The lowest BCUT2D eigenvalue weighted by Crippen LogP contribution is -2.45. The SMILES string of the molecule is CC(C)N1C[C@H](C(=O)N2CCCC[C@H]2C)CC1=O. The second-order valence-corrected chi connectivity index (χ2v) is 5.92. The molecule has 2 aliphatic rings. The molecule has 0 aromatic rings. The highest BCUT2D eigenvalue weighted by molar-refractivity contribution is 5.89. The highest BCUT2D eigenvalue weighted by Gasteiger charge is 2.38. The lowest BCUT2D eigenvalue weighted by atomic mass is 9.99. The number of carbonyl (C=O) groups is 2. The van der Waals surface area contributed by atoms with E-state index in [0.717, 1.165) is 19.4 Å². The summed E-state index contributed by atoms with van der Waals surface area (Å²) in [4.78, 5) is 28.1. The quantitative estimate of drug-likeness (QED) is 0.749. The van der Waals surface area contributed by atoms with Gasteiger partial charge < -0.3 is 9.80 Å². The summed E-state index contributed by atoms with van der Waals surface area (Å²) in [6.45, 7) is 7.61. The largest absolute Gasteiger partial charge is 0.340 e. The lowest BCUT2D eigenvalue weighted by molar-refractivity contribution is -0.139. The Labute approximate surface area is 109 Å². The summed E-state index contributed by atoms with van der Waals surface area (Å²) in [5.74, 6) is 0.215. The number of rotatable bonds is 2. The fourth-order valence-corrected chi connectivity index (χ4v) is 3.06. The van der Waals surface area contributed by atoms with Crippen molar-refractivity contribution >= 4 is 11.8 Å². The summed E-state index contributed by atoms with van der Waals surface area (Å²) >= 11 is 0. The van der Waals surface area contributed by atoms with Crippen LogP contribution >= 0.6 is 0 Å². The van der Waals surface area contributed by atoms with Crippen LogP contribution in [-0.2, 0) is 9.59 Å². The molecule has 0 aromatic carbocycles. The van der Waals surface area contributed by atoms with Gasteiger partial charge in [-0.1, -0.05) is 0 Å². The van der Waals surface area contributed by atoms with Crippen LogP contribution in [0.1, 0.15) is 46.5 Å². The normalized spacial score (nSPS) is 29.2. The standard InChI is InChI=1S/C14H24N2O2/c1-10(2)16-9-12(8-13(16)17)14(18)15-7-5-4-6-11(15)3/h10-12H,4-9H2,1-3H3/t11-,12-/m1/s1. The van der Waals surface area contributed by atoms with Gasteiger partial charge in [-0.2, -0.15) is 0 Å². The minimum atomic E-state index is -0.111. The van der Waals surface area contributed by atoms with Crippen molar-refractivity contribution in [1.29, 1.82) is 0 Å². The molecule has 0 aliphatic carbocycles. The van der Waals surface area contributed by atoms with Crippen molar-refractivity contribution < 1.29 is 9.59 Å². The molecule has 2 fully saturated rings. The molecule has 0 bridgehead atoms. The Morgan fingerprint density at radius 1 is 1.33 bits per heavy atom. The van der Waals surface area contributed by atoms with Gasteiger partial charge in [0.2, 0.25) is 11.8 Å². The number of hydrogen-bond acceptors (Lipinski definition) is 2. The van der Waals surface area contributed by atoms with Crippen LogP contribution in [0.4, 0.5) is 0 Å². The maximum atomic E-state index is 12.5. The van der Waals surface area contributed by atoms with Gasteiger partial charge >= 0.3 is 0 Å². The van der Waals surface area contributed by atoms with E-state index in [1.54, 1.807) is 0 Å². The number of likely N-dealkylation sites (tertiary alicyclic amines) is 2. The number of carbonyl (C=O) groups excluding carboxylic acids is 2. The van der Waals surface area contributed by atoms with Gasteiger partial charge in [0.15, 0.2) is 0 Å². The molecular weight excluding hydrogens is 228 g/mol. The maximum absolute atomic E-state index is 12.5. The van der Waals surface area contributed by atoms with Crippen molar-refractivity contribution in [1.82, 2.24) is 9.80 Å². The molecule has 2 aliphatic heterocycles. The van der Waals surface area contributed by atoms with Gasteiger partial charge in [-0.3, -0.25) is 9.59 Å². The Morgan fingerprint density at radius 2 is 2.06 bits per heavy atom. The molecule has 2 heterocycles. The van der Waals surface area contributed by atoms with Gasteiger partial charge in [0, 0.05) is 31.6 Å². The zero-order chi connectivity index (χ0) is 13.3. The number of hydrogen-bond donors (Lipinski definition) is 0. The third-order valence-corrected chi connectivity index (χ3v) is 4.22. The van der Waals surface area contributed by atoms with Crippen LogP contribution in [0.3, 0.4) is 0 Å². The molecule has 4 heteroatoms. The second kappa shape index (κ2) is 5.29. The molecule has 2 rings (SSSR count). The van der Waals surface area contributed by atoms with Crippen molar-refractivity contribution in [2.75, 3.05) is 13.1 Å². The number of amides is 2. The zero-order valence-corrected chi connectivity index (χ0v) is 11.7. The Kier molecular flexibility index (Phi) is 3.93. The Hall–Kier alpha value is -1.06. The molecular formula is C14H24N2O2. The third kappa shape index (κ3) is 2.52. The van der Waals surface area contributed by atoms with Crippen molar-refractivity contribution in [3.8, 4) is 0 Å². The minimum Gasteiger partial charge on any atom is -0.340 e. The fraction of sp³-hybridized carbons (Fsp3) is 0.857. The van der Waals surface area contributed by atoms with Crippen molar-refractivity contribution in [3.63, 3.8) is 0 Å². The predicted molar refractivity (Wildman–Crippen MR) is 70.0 cm³/mol. The first kappa shape index (κ1) is 13.4. The van der Waals surface area contributed by atoms with E-state index in [2.05, 4.69) is 6.92 Å². The van der Waals surface area contributed by atoms with Crippen molar-refractivity contribution in [2.45, 2.75) is 58.5 Å². The topological polar surface area (TPSA) is 40.6 Å². The van der Waals surface area contributed by atoms with E-state index in [1.165, 1.54) is 6.42 Å². The van der Waals surface area contributed by atoms with Gasteiger partial charge in [-0.05, 0) is 40.0 Å². The molecule has 2 amide bonds. The van der Waals surface area contributed by atoms with Crippen LogP contribution in [0.15, 0.2) is 0 Å². The molecule has 4 nitrogen and oxygen atoms in total. The van der Waals surface area contributed by atoms with E-state index >= 15 is 0 Å². The van der Waals surface area contributed by atoms with E-state index in [-0.39, 0.29) is 23.8 Å². The third-order valence-electron chi connectivity index (χ3n) is 4.22. The first-order chi connectivity index (χ1) is 8.50. The molecule has 0 radical (unpaired) electrons. The molecule has 2 saturated heterocycles. The van der Waals surface area contributed by atoms with E-state index in [4.69, 9.17) is 0 Å². The average molecular weight is 252 g/mol. The molecule has 2 atom stereocenters. The van der Waals surface area contributed by atoms with Gasteiger partial charge in [0.1, 0.15) is 0 Å². The van der Waals surface area contributed by atoms with Crippen LogP contribution in [0.2, 0.25) is 0 Å². The van der Waals surface area contributed by atoms with Crippen LogP contribution in [-0.4, -0.2) is 46.8 Å². The van der Waals surface area contributed by atoms with Crippen LogP contribution in [0.25, 0.3) is 0 Å². The maximum Gasteiger partial charge on any atom is 0.228 e. The highest BCUT2D eigenvalue weighted by Crippen LogP contribution is 2.25. The highest BCUT2D eigenvalue weighted by atomic mass is 16.2. The summed E-state index contributed by atoms with van der Waals surface area (Å²) in [7, 11) is 0. The molecule has 0 aromatic heterocycles. The van der Waals surface area contributed by atoms with E-state index < -0.39 is 0 Å². The summed E-state index contributed by atoms with van der Waals surface area (Å²) in [6.07, 6.45) is 3.82. The summed E-state index contributed by atoms with van der Waals surface area (Å²) < 4.78 is 0. The van der Waals surface area contributed by atoms with Gasteiger partial charge in [-0.25, -0.2) is 0 Å². The van der Waals surface area contributed by atoms with Crippen LogP contribution < -0.4 is 0 Å². The average Bonchev–Trinajstić information content (AvgIpc) is 2.71. The second-order valence-electron chi connectivity index (χ2n) is 5.92. The molecule has 0 N–H and O–H groups in total. The molecule has 102 valence electrons. The van der Waals surface area contributed by atoms with Crippen LogP contribution in [0, 0.1) is 5.92 Å². The lowest BCUT2D eigenvalue weighted by Gasteiger charge is -2.35. The van der Waals surface area contributed by atoms with Gasteiger partial charge in [0.25, 0.3) is 0 Å². The minimum absolute atomic E-state index is 0.111. The van der Waals surface area contributed by atoms with E-state index in [9.17, 15) is 9.59 Å². The zero-order valence-electron chi connectivity index (χ0n) is 11.7. The summed E-state index contributed by atoms with van der Waals surface area (Å²) in [5.41, 5.74) is 0. The molecule has 0 spiro atoms. The Balaban J connectivity index is 2.00. The fourth-order valence-electron chi connectivity index (χ4n) is 3.06. The van der Waals surface area contributed by atoms with Gasteiger partial charge in [-0.15, -0.1) is 0 Å². The predicted octanol–water partition coefficient (Wildman–Crippen LogP) is 1.64. The summed E-state index contributed by atoms with van der Waals surface area (Å²) in [6, 6.07) is 0.545. The molecule has 0 saturated carbocycles. The monoisotopic (exact) mass is 252 g/mol. The summed E-state index contributed by atoms with van der Waals surface area (Å²) in [5, 5.41) is 0. The Morgan fingerprint density at radius 3 is 2.61 bits per heavy atom. The first-order valence-electron chi connectivity index (χ1n) is 7.10. The van der Waals surface area contributed by atoms with E-state index in [1.807, 2.05) is 23.6 Å². The van der Waals surface area contributed by atoms with Crippen molar-refractivity contribution in [2.24, 2.45) is 5.92 Å².